The van der Waals surface area contributed by atoms with Gasteiger partial charge in [-0.1, -0.05) is 13.8 Å². The Kier molecular flexibility index (Phi) is 5.11. The Labute approximate surface area is 155 Å². The average Bonchev–Trinajstić information content (AvgIpc) is 2.67. The van der Waals surface area contributed by atoms with E-state index in [4.69, 9.17) is 14.5 Å². The van der Waals surface area contributed by atoms with E-state index in [0.29, 0.717) is 12.0 Å². The zero-order chi connectivity index (χ0) is 18.1. The summed E-state index contributed by atoms with van der Waals surface area (Å²) in [5.74, 6) is 1.38. The number of aromatic nitrogens is 1. The molecule has 2 aliphatic heterocycles. The van der Waals surface area contributed by atoms with Crippen molar-refractivity contribution in [2.75, 3.05) is 46.5 Å². The van der Waals surface area contributed by atoms with E-state index in [0.717, 1.165) is 57.2 Å². The van der Waals surface area contributed by atoms with Crippen LogP contribution in [-0.2, 0) is 11.3 Å². The molecule has 2 aliphatic rings. The topological polar surface area (TPSA) is 37.8 Å². The number of nitrogens with zero attached hydrogens (tertiary/aromatic N) is 3. The van der Waals surface area contributed by atoms with Gasteiger partial charge >= 0.3 is 0 Å². The first-order valence-corrected chi connectivity index (χ1v) is 9.65. The lowest BCUT2D eigenvalue weighted by atomic mass is 9.96. The van der Waals surface area contributed by atoms with Gasteiger partial charge in [0.15, 0.2) is 0 Å². The second kappa shape index (κ2) is 7.51. The first kappa shape index (κ1) is 17.7. The predicted molar refractivity (Wildman–Crippen MR) is 104 cm³/mol. The van der Waals surface area contributed by atoms with Crippen molar-refractivity contribution >= 4 is 10.9 Å². The summed E-state index contributed by atoms with van der Waals surface area (Å²) in [6.07, 6.45) is 1.94. The van der Waals surface area contributed by atoms with Gasteiger partial charge in [0.25, 0.3) is 0 Å². The van der Waals surface area contributed by atoms with Gasteiger partial charge in [0.1, 0.15) is 5.75 Å². The van der Waals surface area contributed by atoms with E-state index in [1.165, 1.54) is 16.5 Å². The van der Waals surface area contributed by atoms with Crippen LogP contribution in [0.1, 0.15) is 30.9 Å². The van der Waals surface area contributed by atoms with Crippen LogP contribution in [0.15, 0.2) is 24.4 Å². The van der Waals surface area contributed by atoms with Gasteiger partial charge in [-0.3, -0.25) is 14.8 Å². The molecule has 4 rings (SSSR count). The Balaban J connectivity index is 1.64. The third kappa shape index (κ3) is 3.43. The molecule has 0 N–H and O–H groups in total. The number of hydrogen-bond acceptors (Lipinski definition) is 5. The van der Waals surface area contributed by atoms with E-state index in [1.54, 1.807) is 7.11 Å². The van der Waals surface area contributed by atoms with Gasteiger partial charge in [0.2, 0.25) is 0 Å². The first-order valence-electron chi connectivity index (χ1n) is 9.65. The number of morpholine rings is 1. The summed E-state index contributed by atoms with van der Waals surface area (Å²) in [5.41, 5.74) is 3.70. The van der Waals surface area contributed by atoms with Crippen LogP contribution in [0.25, 0.3) is 10.9 Å². The van der Waals surface area contributed by atoms with Crippen molar-refractivity contribution in [3.05, 3.63) is 35.5 Å². The Morgan fingerprint density at radius 1 is 1.27 bits per heavy atom. The molecule has 2 saturated heterocycles. The number of hydrogen-bond donors (Lipinski definition) is 0. The van der Waals surface area contributed by atoms with Gasteiger partial charge in [-0.25, -0.2) is 0 Å². The second-order valence-corrected chi connectivity index (χ2v) is 7.74. The maximum absolute atomic E-state index is 5.69. The van der Waals surface area contributed by atoms with Crippen molar-refractivity contribution in [3.8, 4) is 5.75 Å². The van der Waals surface area contributed by atoms with E-state index in [1.807, 2.05) is 6.20 Å². The number of rotatable bonds is 4. The van der Waals surface area contributed by atoms with Crippen molar-refractivity contribution in [2.24, 2.45) is 0 Å². The van der Waals surface area contributed by atoms with Gasteiger partial charge in [-0.05, 0) is 35.2 Å². The summed E-state index contributed by atoms with van der Waals surface area (Å²) in [6, 6.07) is 6.94. The molecule has 2 aromatic rings. The van der Waals surface area contributed by atoms with Crippen molar-refractivity contribution in [1.29, 1.82) is 0 Å². The molecule has 1 aromatic carbocycles. The molecule has 0 radical (unpaired) electrons. The molecule has 0 bridgehead atoms. The van der Waals surface area contributed by atoms with Gasteiger partial charge in [-0.15, -0.1) is 0 Å². The Morgan fingerprint density at radius 2 is 2.15 bits per heavy atom. The Morgan fingerprint density at radius 3 is 2.96 bits per heavy atom. The molecule has 0 unspecified atom stereocenters. The number of pyridine rings is 1. The predicted octanol–water partition coefficient (Wildman–Crippen LogP) is 2.88. The van der Waals surface area contributed by atoms with Gasteiger partial charge < -0.3 is 9.47 Å². The number of ether oxygens (including phenoxy) is 2. The zero-order valence-electron chi connectivity index (χ0n) is 16.1. The van der Waals surface area contributed by atoms with Gasteiger partial charge in [0, 0.05) is 50.3 Å². The molecule has 26 heavy (non-hydrogen) atoms. The molecule has 5 nitrogen and oxygen atoms in total. The minimum atomic E-state index is 0.461. The highest BCUT2D eigenvalue weighted by molar-refractivity contribution is 5.87. The van der Waals surface area contributed by atoms with E-state index >= 15 is 0 Å². The van der Waals surface area contributed by atoms with Crippen LogP contribution in [0.5, 0.6) is 5.75 Å². The third-order valence-electron chi connectivity index (χ3n) is 5.70. The largest absolute Gasteiger partial charge is 0.497 e. The molecular weight excluding hydrogens is 326 g/mol. The lowest BCUT2D eigenvalue weighted by Crippen LogP contribution is -2.57. The fourth-order valence-electron chi connectivity index (χ4n) is 4.26. The lowest BCUT2D eigenvalue weighted by molar-refractivity contribution is -0.0461. The van der Waals surface area contributed by atoms with Crippen molar-refractivity contribution in [3.63, 3.8) is 0 Å². The molecule has 2 fully saturated rings. The number of methoxy groups -OCH3 is 1. The standard InChI is InChI=1S/C21H29N3O2/c1-15(2)19-4-5-22-21-16(10-18(25-3)11-20(19)21)12-23-6-7-24-8-9-26-14-17(24)13-23/h4-5,10-11,15,17H,6-9,12-14H2,1-3H3/t17-/m0/s1. The molecule has 1 atom stereocenters. The molecule has 0 spiro atoms. The summed E-state index contributed by atoms with van der Waals surface area (Å²) < 4.78 is 11.3. The number of benzene rings is 1. The van der Waals surface area contributed by atoms with Crippen LogP contribution in [0.2, 0.25) is 0 Å². The lowest BCUT2D eigenvalue weighted by Gasteiger charge is -2.43. The summed E-state index contributed by atoms with van der Waals surface area (Å²) in [7, 11) is 1.74. The summed E-state index contributed by atoms with van der Waals surface area (Å²) in [4.78, 5) is 9.83. The number of fused-ring (bicyclic) bond motifs is 2. The van der Waals surface area contributed by atoms with E-state index in [9.17, 15) is 0 Å². The highest BCUT2D eigenvalue weighted by Gasteiger charge is 2.29. The molecule has 3 heterocycles. The highest BCUT2D eigenvalue weighted by Crippen LogP contribution is 2.31. The normalized spacial score (nSPS) is 21.9. The molecule has 1 aromatic heterocycles. The Hall–Kier alpha value is -1.69. The monoisotopic (exact) mass is 355 g/mol. The van der Waals surface area contributed by atoms with Crippen molar-refractivity contribution in [2.45, 2.75) is 32.4 Å². The fraction of sp³-hybridized carbons (Fsp3) is 0.571. The van der Waals surface area contributed by atoms with E-state index in [-0.39, 0.29) is 0 Å². The molecule has 0 saturated carbocycles. The minimum absolute atomic E-state index is 0.461. The van der Waals surface area contributed by atoms with Crippen LogP contribution in [0.4, 0.5) is 0 Å². The summed E-state index contributed by atoms with van der Waals surface area (Å²) in [5, 5.41) is 1.22. The maximum Gasteiger partial charge on any atom is 0.119 e. The molecular formula is C21H29N3O2. The quantitative estimate of drug-likeness (QED) is 0.843. The molecule has 5 heteroatoms. The van der Waals surface area contributed by atoms with Crippen molar-refractivity contribution < 1.29 is 9.47 Å². The minimum Gasteiger partial charge on any atom is -0.497 e. The second-order valence-electron chi connectivity index (χ2n) is 7.74. The van der Waals surface area contributed by atoms with Crippen LogP contribution >= 0.6 is 0 Å². The van der Waals surface area contributed by atoms with Gasteiger partial charge in [0.05, 0.1) is 25.8 Å². The van der Waals surface area contributed by atoms with Crippen LogP contribution in [0, 0.1) is 0 Å². The van der Waals surface area contributed by atoms with Crippen LogP contribution in [-0.4, -0.2) is 67.3 Å². The Bertz CT molecular complexity index is 777. The zero-order valence-corrected chi connectivity index (χ0v) is 16.1. The summed E-state index contributed by atoms with van der Waals surface area (Å²) >= 11 is 0. The highest BCUT2D eigenvalue weighted by atomic mass is 16.5. The SMILES string of the molecule is COc1cc(CN2CCN3CCOC[C@@H]3C2)c2nccc(C(C)C)c2c1. The van der Waals surface area contributed by atoms with E-state index < -0.39 is 0 Å². The molecule has 140 valence electrons. The van der Waals surface area contributed by atoms with Gasteiger partial charge in [-0.2, -0.15) is 0 Å². The van der Waals surface area contributed by atoms with Crippen LogP contribution < -0.4 is 4.74 Å². The maximum atomic E-state index is 5.69. The fourth-order valence-corrected chi connectivity index (χ4v) is 4.26. The van der Waals surface area contributed by atoms with Crippen molar-refractivity contribution in [1.82, 2.24) is 14.8 Å². The average molecular weight is 355 g/mol. The first-order chi connectivity index (χ1) is 12.7. The van der Waals surface area contributed by atoms with Crippen LogP contribution in [0.3, 0.4) is 0 Å². The molecule has 0 amide bonds. The van der Waals surface area contributed by atoms with E-state index in [2.05, 4.69) is 41.8 Å². The smallest absolute Gasteiger partial charge is 0.119 e. The molecule has 0 aliphatic carbocycles. The third-order valence-corrected chi connectivity index (χ3v) is 5.70. The summed E-state index contributed by atoms with van der Waals surface area (Å²) in [6.45, 7) is 11.4. The number of piperazine rings is 1.